The van der Waals surface area contributed by atoms with E-state index in [1.54, 1.807) is 12.2 Å². The minimum atomic E-state index is 1.28. The molecular formula is C18H22. The van der Waals surface area contributed by atoms with Crippen molar-refractivity contribution in [1.29, 1.82) is 0 Å². The SMILES string of the molecule is C=CC.C=CC.c1ccc(-c2ccccc2)cc1. The van der Waals surface area contributed by atoms with E-state index >= 15 is 0 Å². The maximum atomic E-state index is 3.36. The zero-order chi connectivity index (χ0) is 13.6. The van der Waals surface area contributed by atoms with Gasteiger partial charge in [-0.3, -0.25) is 0 Å². The van der Waals surface area contributed by atoms with Crippen molar-refractivity contribution in [3.63, 3.8) is 0 Å². The molecule has 2 rings (SSSR count). The zero-order valence-corrected chi connectivity index (χ0v) is 11.3. The van der Waals surface area contributed by atoms with E-state index in [0.717, 1.165) is 0 Å². The summed E-state index contributed by atoms with van der Waals surface area (Å²) in [5.41, 5.74) is 2.55. The molecule has 0 amide bonds. The minimum Gasteiger partial charge on any atom is -0.103 e. The predicted octanol–water partition coefficient (Wildman–Crippen LogP) is 5.74. The molecule has 18 heavy (non-hydrogen) atoms. The van der Waals surface area contributed by atoms with Gasteiger partial charge in [-0.15, -0.1) is 13.2 Å². The van der Waals surface area contributed by atoms with Crippen LogP contribution in [0.3, 0.4) is 0 Å². The summed E-state index contributed by atoms with van der Waals surface area (Å²) in [7, 11) is 0. The maximum Gasteiger partial charge on any atom is -0.0184 e. The van der Waals surface area contributed by atoms with Crippen molar-refractivity contribution in [3.05, 3.63) is 86.0 Å². The fourth-order valence-electron chi connectivity index (χ4n) is 1.26. The molecule has 0 aliphatic carbocycles. The highest BCUT2D eigenvalue weighted by Crippen LogP contribution is 2.17. The van der Waals surface area contributed by atoms with Crippen LogP contribution in [0, 0.1) is 0 Å². The smallest absolute Gasteiger partial charge is 0.0184 e. The van der Waals surface area contributed by atoms with Crippen LogP contribution >= 0.6 is 0 Å². The molecule has 0 heterocycles. The van der Waals surface area contributed by atoms with Gasteiger partial charge in [-0.1, -0.05) is 72.8 Å². The molecular weight excluding hydrogens is 216 g/mol. The molecule has 0 nitrogen and oxygen atoms in total. The first-order valence-corrected chi connectivity index (χ1v) is 6.04. The van der Waals surface area contributed by atoms with Crippen LogP contribution in [0.5, 0.6) is 0 Å². The average molecular weight is 238 g/mol. The molecule has 0 atom stereocenters. The Morgan fingerprint density at radius 1 is 0.611 bits per heavy atom. The Labute approximate surface area is 111 Å². The van der Waals surface area contributed by atoms with Gasteiger partial charge in [0.1, 0.15) is 0 Å². The number of hydrogen-bond acceptors (Lipinski definition) is 0. The second kappa shape index (κ2) is 11.4. The summed E-state index contributed by atoms with van der Waals surface area (Å²) in [4.78, 5) is 0. The summed E-state index contributed by atoms with van der Waals surface area (Å²) in [5, 5.41) is 0. The topological polar surface area (TPSA) is 0 Å². The lowest BCUT2D eigenvalue weighted by Crippen LogP contribution is -1.73. The lowest BCUT2D eigenvalue weighted by molar-refractivity contribution is 1.62. The van der Waals surface area contributed by atoms with E-state index in [4.69, 9.17) is 0 Å². The minimum absolute atomic E-state index is 1.28. The van der Waals surface area contributed by atoms with Gasteiger partial charge in [0.15, 0.2) is 0 Å². The van der Waals surface area contributed by atoms with Gasteiger partial charge in [0, 0.05) is 0 Å². The molecule has 0 aliphatic rings. The van der Waals surface area contributed by atoms with Crippen molar-refractivity contribution in [2.75, 3.05) is 0 Å². The van der Waals surface area contributed by atoms with Gasteiger partial charge >= 0.3 is 0 Å². The molecule has 2 aromatic rings. The highest BCUT2D eigenvalue weighted by Gasteiger charge is 1.91. The first-order valence-electron chi connectivity index (χ1n) is 6.04. The van der Waals surface area contributed by atoms with Gasteiger partial charge in [0.2, 0.25) is 0 Å². The van der Waals surface area contributed by atoms with E-state index in [2.05, 4.69) is 61.7 Å². The normalized spacial score (nSPS) is 7.89. The summed E-state index contributed by atoms with van der Waals surface area (Å²) in [5.74, 6) is 0. The van der Waals surface area contributed by atoms with Crippen LogP contribution in [0.4, 0.5) is 0 Å². The van der Waals surface area contributed by atoms with Crippen molar-refractivity contribution >= 4 is 0 Å². The molecule has 0 radical (unpaired) electrons. The van der Waals surface area contributed by atoms with Crippen LogP contribution in [0.2, 0.25) is 0 Å². The van der Waals surface area contributed by atoms with Crippen LogP contribution in [0.1, 0.15) is 13.8 Å². The standard InChI is InChI=1S/C12H10.2C3H6/c1-3-7-11(8-4-1)12-9-5-2-6-10-12;2*1-3-2/h1-10H;2*3H,1H2,2H3. The average Bonchev–Trinajstić information content (AvgIpc) is 2.43. The van der Waals surface area contributed by atoms with Crippen molar-refractivity contribution in [2.24, 2.45) is 0 Å². The number of hydrogen-bond donors (Lipinski definition) is 0. The van der Waals surface area contributed by atoms with Gasteiger partial charge in [0.05, 0.1) is 0 Å². The van der Waals surface area contributed by atoms with Crippen LogP contribution in [0.25, 0.3) is 11.1 Å². The Balaban J connectivity index is 0.000000414. The third-order valence-electron chi connectivity index (χ3n) is 1.88. The zero-order valence-electron chi connectivity index (χ0n) is 11.3. The first-order chi connectivity index (χ1) is 8.79. The summed E-state index contributed by atoms with van der Waals surface area (Å²) >= 11 is 0. The third-order valence-corrected chi connectivity index (χ3v) is 1.88. The van der Waals surface area contributed by atoms with Crippen LogP contribution in [-0.4, -0.2) is 0 Å². The molecule has 0 heteroatoms. The highest BCUT2D eigenvalue weighted by atomic mass is 14.0. The number of allylic oxidation sites excluding steroid dienone is 2. The fraction of sp³-hybridized carbons (Fsp3) is 0.111. The van der Waals surface area contributed by atoms with E-state index in [9.17, 15) is 0 Å². The molecule has 0 saturated carbocycles. The molecule has 2 aromatic carbocycles. The Hall–Kier alpha value is -2.08. The Bertz CT molecular complexity index is 369. The second-order valence-corrected chi connectivity index (χ2v) is 3.55. The number of rotatable bonds is 1. The van der Waals surface area contributed by atoms with Gasteiger partial charge in [-0.05, 0) is 25.0 Å². The van der Waals surface area contributed by atoms with Crippen molar-refractivity contribution in [3.8, 4) is 11.1 Å². The quantitative estimate of drug-likeness (QED) is 0.556. The molecule has 0 aromatic heterocycles. The number of benzene rings is 2. The molecule has 0 aliphatic heterocycles. The van der Waals surface area contributed by atoms with Crippen LogP contribution < -0.4 is 0 Å². The Morgan fingerprint density at radius 3 is 1.06 bits per heavy atom. The van der Waals surface area contributed by atoms with Crippen LogP contribution in [0.15, 0.2) is 86.0 Å². The molecule has 0 bridgehead atoms. The van der Waals surface area contributed by atoms with E-state index in [1.165, 1.54) is 11.1 Å². The predicted molar refractivity (Wildman–Crippen MR) is 83.6 cm³/mol. The summed E-state index contributed by atoms with van der Waals surface area (Å²) in [6.07, 6.45) is 3.50. The maximum absolute atomic E-state index is 3.36. The second-order valence-electron chi connectivity index (χ2n) is 3.55. The van der Waals surface area contributed by atoms with Gasteiger partial charge in [-0.2, -0.15) is 0 Å². The van der Waals surface area contributed by atoms with E-state index in [1.807, 2.05) is 26.0 Å². The molecule has 0 fully saturated rings. The van der Waals surface area contributed by atoms with Crippen molar-refractivity contribution in [2.45, 2.75) is 13.8 Å². The summed E-state index contributed by atoms with van der Waals surface area (Å²) in [6, 6.07) is 20.8. The van der Waals surface area contributed by atoms with E-state index in [-0.39, 0.29) is 0 Å². The monoisotopic (exact) mass is 238 g/mol. The van der Waals surface area contributed by atoms with Gasteiger partial charge < -0.3 is 0 Å². The lowest BCUT2D eigenvalue weighted by Gasteiger charge is -1.98. The van der Waals surface area contributed by atoms with E-state index in [0.29, 0.717) is 0 Å². The van der Waals surface area contributed by atoms with Crippen LogP contribution in [-0.2, 0) is 0 Å². The Morgan fingerprint density at radius 2 is 0.833 bits per heavy atom. The Kier molecular flexibility index (Phi) is 10.1. The third kappa shape index (κ3) is 7.24. The molecule has 94 valence electrons. The summed E-state index contributed by atoms with van der Waals surface area (Å²) in [6.45, 7) is 10.5. The molecule has 0 unspecified atom stereocenters. The van der Waals surface area contributed by atoms with Crippen molar-refractivity contribution < 1.29 is 0 Å². The van der Waals surface area contributed by atoms with Gasteiger partial charge in [-0.25, -0.2) is 0 Å². The molecule has 0 saturated heterocycles. The molecule has 0 spiro atoms. The lowest BCUT2D eigenvalue weighted by atomic mass is 10.1. The fourth-order valence-corrected chi connectivity index (χ4v) is 1.26. The first kappa shape index (κ1) is 15.9. The molecule has 0 N–H and O–H groups in total. The summed E-state index contributed by atoms with van der Waals surface area (Å²) < 4.78 is 0. The van der Waals surface area contributed by atoms with Crippen molar-refractivity contribution in [1.82, 2.24) is 0 Å². The largest absolute Gasteiger partial charge is 0.103 e. The van der Waals surface area contributed by atoms with Gasteiger partial charge in [0.25, 0.3) is 0 Å². The highest BCUT2D eigenvalue weighted by molar-refractivity contribution is 5.62. The van der Waals surface area contributed by atoms with E-state index < -0.39 is 0 Å².